The summed E-state index contributed by atoms with van der Waals surface area (Å²) in [6.45, 7) is 4.50. The van der Waals surface area contributed by atoms with Gasteiger partial charge in [-0.1, -0.05) is 6.07 Å². The quantitative estimate of drug-likeness (QED) is 0.681. The largest absolute Gasteiger partial charge is 0.486 e. The smallest absolute Gasteiger partial charge is 0.272 e. The molecule has 0 unspecified atom stereocenters. The standard InChI is InChI=1S/C18H18N2O5/c1-11-9-14(3-5-15(11)20(22)23)18(21)19-12(2)13-4-6-16-17(10-13)25-8-7-24-16/h3-6,9-10,12H,7-8H2,1-2H3,(H,19,21)/t12-/m1/s1. The fraction of sp³-hybridized carbons (Fsp3) is 0.278. The van der Waals surface area contributed by atoms with Crippen molar-refractivity contribution >= 4 is 11.6 Å². The monoisotopic (exact) mass is 342 g/mol. The number of hydrogen-bond acceptors (Lipinski definition) is 5. The molecular weight excluding hydrogens is 324 g/mol. The number of nitrogens with one attached hydrogen (secondary N) is 1. The van der Waals surface area contributed by atoms with Crippen LogP contribution in [-0.2, 0) is 0 Å². The molecule has 1 aliphatic rings. The Balaban J connectivity index is 1.74. The number of nitrogens with zero attached hydrogens (tertiary/aromatic N) is 1. The zero-order valence-corrected chi connectivity index (χ0v) is 13.9. The molecule has 1 heterocycles. The summed E-state index contributed by atoms with van der Waals surface area (Å²) >= 11 is 0. The lowest BCUT2D eigenvalue weighted by Crippen LogP contribution is -2.27. The number of hydrogen-bond donors (Lipinski definition) is 1. The van der Waals surface area contributed by atoms with Gasteiger partial charge in [0.1, 0.15) is 13.2 Å². The minimum atomic E-state index is -0.463. The zero-order valence-electron chi connectivity index (χ0n) is 13.9. The summed E-state index contributed by atoms with van der Waals surface area (Å²) in [6, 6.07) is 9.61. The van der Waals surface area contributed by atoms with Crippen molar-refractivity contribution in [3.63, 3.8) is 0 Å². The highest BCUT2D eigenvalue weighted by Crippen LogP contribution is 2.32. The van der Waals surface area contributed by atoms with Crippen LogP contribution in [0, 0.1) is 17.0 Å². The van der Waals surface area contributed by atoms with Crippen LogP contribution in [0.3, 0.4) is 0 Å². The van der Waals surface area contributed by atoms with Crippen LogP contribution in [0.1, 0.15) is 34.5 Å². The van der Waals surface area contributed by atoms with Crippen LogP contribution in [0.2, 0.25) is 0 Å². The SMILES string of the molecule is Cc1cc(C(=O)N[C@H](C)c2ccc3c(c2)OCCO3)ccc1[N+](=O)[O-]. The predicted octanol–water partition coefficient (Wildman–Crippen LogP) is 3.17. The molecule has 25 heavy (non-hydrogen) atoms. The molecule has 1 atom stereocenters. The van der Waals surface area contributed by atoms with Crippen LogP contribution in [-0.4, -0.2) is 24.0 Å². The first-order valence-corrected chi connectivity index (χ1v) is 7.91. The Morgan fingerprint density at radius 3 is 2.56 bits per heavy atom. The van der Waals surface area contributed by atoms with Crippen molar-refractivity contribution in [2.45, 2.75) is 19.9 Å². The van der Waals surface area contributed by atoms with Gasteiger partial charge in [-0.15, -0.1) is 0 Å². The Morgan fingerprint density at radius 1 is 1.16 bits per heavy atom. The third-order valence-electron chi connectivity index (χ3n) is 4.07. The number of carbonyl (C=O) groups excluding carboxylic acids is 1. The summed E-state index contributed by atoms with van der Waals surface area (Å²) in [6.07, 6.45) is 0. The van der Waals surface area contributed by atoms with Crippen LogP contribution < -0.4 is 14.8 Å². The van der Waals surface area contributed by atoms with Crippen LogP contribution in [0.5, 0.6) is 11.5 Å². The van der Waals surface area contributed by atoms with Gasteiger partial charge in [0.05, 0.1) is 11.0 Å². The third-order valence-corrected chi connectivity index (χ3v) is 4.07. The minimum absolute atomic E-state index is 0.00330. The van der Waals surface area contributed by atoms with Crippen molar-refractivity contribution in [2.75, 3.05) is 13.2 Å². The lowest BCUT2D eigenvalue weighted by molar-refractivity contribution is -0.385. The molecular formula is C18H18N2O5. The van der Waals surface area contributed by atoms with E-state index in [1.165, 1.54) is 18.2 Å². The van der Waals surface area contributed by atoms with Crippen molar-refractivity contribution in [3.8, 4) is 11.5 Å². The molecule has 7 nitrogen and oxygen atoms in total. The topological polar surface area (TPSA) is 90.7 Å². The van der Waals surface area contributed by atoms with E-state index >= 15 is 0 Å². The predicted molar refractivity (Wildman–Crippen MR) is 91.1 cm³/mol. The molecule has 3 rings (SSSR count). The first-order chi connectivity index (χ1) is 12.0. The van der Waals surface area contributed by atoms with Crippen molar-refractivity contribution in [2.24, 2.45) is 0 Å². The summed E-state index contributed by atoms with van der Waals surface area (Å²) in [5.41, 5.74) is 1.71. The molecule has 0 saturated carbocycles. The molecule has 1 amide bonds. The Hall–Kier alpha value is -3.09. The molecule has 2 aromatic rings. The summed E-state index contributed by atoms with van der Waals surface area (Å²) in [5.74, 6) is 1.07. The van der Waals surface area contributed by atoms with Crippen molar-refractivity contribution in [1.29, 1.82) is 0 Å². The van der Waals surface area contributed by atoms with Gasteiger partial charge in [0.25, 0.3) is 11.6 Å². The summed E-state index contributed by atoms with van der Waals surface area (Å²) < 4.78 is 11.0. The highest BCUT2D eigenvalue weighted by atomic mass is 16.6. The van der Waals surface area contributed by atoms with Gasteiger partial charge in [0.2, 0.25) is 0 Å². The molecule has 1 aliphatic heterocycles. The van der Waals surface area contributed by atoms with E-state index in [4.69, 9.17) is 9.47 Å². The fourth-order valence-corrected chi connectivity index (χ4v) is 2.69. The zero-order chi connectivity index (χ0) is 18.0. The number of benzene rings is 2. The lowest BCUT2D eigenvalue weighted by atomic mass is 10.1. The van der Waals surface area contributed by atoms with Crippen LogP contribution in [0.4, 0.5) is 5.69 Å². The van der Waals surface area contributed by atoms with Crippen molar-refractivity contribution < 1.29 is 19.2 Å². The number of amides is 1. The maximum atomic E-state index is 12.4. The van der Waals surface area contributed by atoms with E-state index < -0.39 is 4.92 Å². The average Bonchev–Trinajstić information content (AvgIpc) is 2.60. The van der Waals surface area contributed by atoms with E-state index in [-0.39, 0.29) is 17.6 Å². The van der Waals surface area contributed by atoms with Gasteiger partial charge in [-0.25, -0.2) is 0 Å². The highest BCUT2D eigenvalue weighted by molar-refractivity contribution is 5.95. The Bertz CT molecular complexity index is 834. The van der Waals surface area contributed by atoms with E-state index in [2.05, 4.69) is 5.32 Å². The number of nitro groups is 1. The van der Waals surface area contributed by atoms with Crippen LogP contribution >= 0.6 is 0 Å². The van der Waals surface area contributed by atoms with Gasteiger partial charge in [0, 0.05) is 17.2 Å². The maximum Gasteiger partial charge on any atom is 0.272 e. The number of ether oxygens (including phenoxy) is 2. The van der Waals surface area contributed by atoms with E-state index in [1.54, 1.807) is 6.92 Å². The minimum Gasteiger partial charge on any atom is -0.486 e. The molecule has 0 fully saturated rings. The van der Waals surface area contributed by atoms with E-state index in [9.17, 15) is 14.9 Å². The molecule has 0 saturated heterocycles. The number of nitro benzene ring substituents is 1. The summed E-state index contributed by atoms with van der Waals surface area (Å²) in [5, 5.41) is 13.8. The van der Waals surface area contributed by atoms with Gasteiger partial charge in [-0.2, -0.15) is 0 Å². The Kier molecular flexibility index (Phi) is 4.56. The summed E-state index contributed by atoms with van der Waals surface area (Å²) in [7, 11) is 0. The van der Waals surface area contributed by atoms with Crippen molar-refractivity contribution in [3.05, 3.63) is 63.2 Å². The Labute approximate surface area is 144 Å². The molecule has 1 N–H and O–H groups in total. The molecule has 0 bridgehead atoms. The summed E-state index contributed by atoms with van der Waals surface area (Å²) in [4.78, 5) is 22.8. The average molecular weight is 342 g/mol. The Morgan fingerprint density at radius 2 is 1.88 bits per heavy atom. The van der Waals surface area contributed by atoms with Crippen molar-refractivity contribution in [1.82, 2.24) is 5.32 Å². The molecule has 0 radical (unpaired) electrons. The van der Waals surface area contributed by atoms with Crippen LogP contribution in [0.25, 0.3) is 0 Å². The van der Waals surface area contributed by atoms with Gasteiger partial charge >= 0.3 is 0 Å². The first-order valence-electron chi connectivity index (χ1n) is 7.91. The fourth-order valence-electron chi connectivity index (χ4n) is 2.69. The highest BCUT2D eigenvalue weighted by Gasteiger charge is 2.18. The number of rotatable bonds is 4. The van der Waals surface area contributed by atoms with E-state index in [0.717, 1.165) is 5.56 Å². The second-order valence-corrected chi connectivity index (χ2v) is 5.86. The second-order valence-electron chi connectivity index (χ2n) is 5.86. The second kappa shape index (κ2) is 6.80. The van der Waals surface area contributed by atoms with Gasteiger partial charge < -0.3 is 14.8 Å². The number of fused-ring (bicyclic) bond motifs is 1. The molecule has 0 spiro atoms. The molecule has 7 heteroatoms. The molecule has 130 valence electrons. The van der Waals surface area contributed by atoms with Gasteiger partial charge in [-0.3, -0.25) is 14.9 Å². The van der Waals surface area contributed by atoms with Gasteiger partial charge in [-0.05, 0) is 43.7 Å². The van der Waals surface area contributed by atoms with Gasteiger partial charge in [0.15, 0.2) is 11.5 Å². The van der Waals surface area contributed by atoms with E-state index in [0.29, 0.717) is 35.8 Å². The number of aryl methyl sites for hydroxylation is 1. The maximum absolute atomic E-state index is 12.4. The molecule has 2 aromatic carbocycles. The van der Waals surface area contributed by atoms with E-state index in [1.807, 2.05) is 25.1 Å². The third kappa shape index (κ3) is 3.55. The van der Waals surface area contributed by atoms with Crippen LogP contribution in [0.15, 0.2) is 36.4 Å². The molecule has 0 aromatic heterocycles. The lowest BCUT2D eigenvalue weighted by Gasteiger charge is -2.21. The first kappa shape index (κ1) is 16.8. The molecule has 0 aliphatic carbocycles. The number of carbonyl (C=O) groups is 1. The normalized spacial score (nSPS) is 13.8.